The van der Waals surface area contributed by atoms with Crippen LogP contribution in [0.5, 0.6) is 5.75 Å². The number of nitrogens with zero attached hydrogens (tertiary/aromatic N) is 4. The van der Waals surface area contributed by atoms with Gasteiger partial charge in [-0.3, -0.25) is 4.40 Å². The van der Waals surface area contributed by atoms with Gasteiger partial charge < -0.3 is 15.3 Å². The molecule has 1 aromatic carbocycles. The Kier molecular flexibility index (Phi) is 4.62. The molecule has 3 aromatic rings. The highest BCUT2D eigenvalue weighted by atomic mass is 19.4. The molecule has 148 valence electrons. The van der Waals surface area contributed by atoms with Crippen LogP contribution < -0.4 is 5.32 Å². The van der Waals surface area contributed by atoms with E-state index < -0.39 is 17.5 Å². The first-order valence-electron chi connectivity index (χ1n) is 9.02. The molecule has 9 heteroatoms. The summed E-state index contributed by atoms with van der Waals surface area (Å²) in [5.74, 6) is 0.395. The molecule has 1 saturated heterocycles. The van der Waals surface area contributed by atoms with E-state index in [0.717, 1.165) is 37.5 Å². The molecule has 0 amide bonds. The molecule has 0 radical (unpaired) electrons. The summed E-state index contributed by atoms with van der Waals surface area (Å²) in [5.41, 5.74) is 0.0216. The van der Waals surface area contributed by atoms with Crippen molar-refractivity contribution >= 4 is 11.3 Å². The van der Waals surface area contributed by atoms with E-state index in [9.17, 15) is 18.3 Å². The zero-order valence-corrected chi connectivity index (χ0v) is 15.2. The van der Waals surface area contributed by atoms with Gasteiger partial charge in [-0.1, -0.05) is 0 Å². The number of alkyl halides is 3. The summed E-state index contributed by atoms with van der Waals surface area (Å²) in [7, 11) is 2.07. The Morgan fingerprint density at radius 3 is 2.75 bits per heavy atom. The van der Waals surface area contributed by atoms with Crippen molar-refractivity contribution in [2.45, 2.75) is 25.1 Å². The molecule has 1 aliphatic rings. The molecule has 28 heavy (non-hydrogen) atoms. The number of anilines is 1. The lowest BCUT2D eigenvalue weighted by atomic mass is 10.1. The van der Waals surface area contributed by atoms with Gasteiger partial charge in [0.25, 0.3) is 0 Å². The number of benzene rings is 1. The largest absolute Gasteiger partial charge is 0.507 e. The Labute approximate surface area is 159 Å². The van der Waals surface area contributed by atoms with Gasteiger partial charge in [0.1, 0.15) is 5.75 Å². The van der Waals surface area contributed by atoms with Crippen molar-refractivity contribution in [3.63, 3.8) is 0 Å². The van der Waals surface area contributed by atoms with Crippen LogP contribution in [-0.2, 0) is 6.18 Å². The third-order valence-electron chi connectivity index (χ3n) is 5.00. The van der Waals surface area contributed by atoms with Crippen molar-refractivity contribution in [3.8, 4) is 17.1 Å². The molecule has 1 fully saturated rings. The van der Waals surface area contributed by atoms with E-state index in [0.29, 0.717) is 11.9 Å². The highest BCUT2D eigenvalue weighted by Gasteiger charge is 2.31. The number of nitrogens with one attached hydrogen (secondary N) is 1. The minimum atomic E-state index is -4.52. The predicted octanol–water partition coefficient (Wildman–Crippen LogP) is 3.63. The van der Waals surface area contributed by atoms with Crippen molar-refractivity contribution in [1.29, 1.82) is 0 Å². The molecule has 1 atom stereocenters. The third kappa shape index (κ3) is 3.49. The Hall–Kier alpha value is -2.81. The maximum atomic E-state index is 12.9. The van der Waals surface area contributed by atoms with Crippen LogP contribution in [0.15, 0.2) is 36.5 Å². The third-order valence-corrected chi connectivity index (χ3v) is 5.00. The van der Waals surface area contributed by atoms with E-state index in [1.165, 1.54) is 6.07 Å². The molecule has 3 heterocycles. The number of likely N-dealkylation sites (N-methyl/N-ethyl adjacent to an activating group) is 1. The van der Waals surface area contributed by atoms with Gasteiger partial charge in [-0.2, -0.15) is 13.2 Å². The lowest BCUT2D eigenvalue weighted by Gasteiger charge is -2.30. The number of aromatic hydroxyl groups is 1. The number of aromatic nitrogens is 3. The molecule has 4 rings (SSSR count). The van der Waals surface area contributed by atoms with Crippen molar-refractivity contribution < 1.29 is 18.3 Å². The Bertz CT molecular complexity index is 1000. The summed E-state index contributed by atoms with van der Waals surface area (Å²) in [6.45, 7) is 1.96. The topological polar surface area (TPSA) is 65.7 Å². The van der Waals surface area contributed by atoms with Crippen molar-refractivity contribution in [2.24, 2.45) is 0 Å². The molecule has 0 saturated carbocycles. The number of fused-ring (bicyclic) bond motifs is 1. The van der Waals surface area contributed by atoms with E-state index in [2.05, 4.69) is 27.5 Å². The second kappa shape index (κ2) is 6.97. The fraction of sp³-hybridized carbons (Fsp3) is 0.368. The van der Waals surface area contributed by atoms with Crippen LogP contribution in [0.1, 0.15) is 18.4 Å². The smallest absolute Gasteiger partial charge is 0.416 e. The van der Waals surface area contributed by atoms with Crippen LogP contribution >= 0.6 is 0 Å². The van der Waals surface area contributed by atoms with Gasteiger partial charge in [0.05, 0.1) is 16.6 Å². The molecule has 0 spiro atoms. The fourth-order valence-electron chi connectivity index (χ4n) is 3.62. The average Bonchev–Trinajstić information content (AvgIpc) is 3.12. The number of hydrogen-bond acceptors (Lipinski definition) is 5. The predicted molar refractivity (Wildman–Crippen MR) is 99.2 cm³/mol. The Balaban J connectivity index is 1.70. The van der Waals surface area contributed by atoms with Crippen LogP contribution in [0, 0.1) is 0 Å². The zero-order valence-electron chi connectivity index (χ0n) is 15.2. The molecular weight excluding hydrogens is 371 g/mol. The summed E-state index contributed by atoms with van der Waals surface area (Å²) in [6.07, 6.45) is -0.656. The zero-order chi connectivity index (χ0) is 19.9. The molecular formula is C19H20F3N5O. The van der Waals surface area contributed by atoms with E-state index in [-0.39, 0.29) is 17.4 Å². The summed E-state index contributed by atoms with van der Waals surface area (Å²) in [5, 5.41) is 22.0. The van der Waals surface area contributed by atoms with E-state index in [1.807, 2.05) is 12.1 Å². The average molecular weight is 391 g/mol. The maximum Gasteiger partial charge on any atom is 0.416 e. The number of rotatable bonds is 3. The van der Waals surface area contributed by atoms with E-state index >= 15 is 0 Å². The van der Waals surface area contributed by atoms with Crippen LogP contribution in [-0.4, -0.2) is 50.8 Å². The fourth-order valence-corrected chi connectivity index (χ4v) is 3.62. The van der Waals surface area contributed by atoms with Crippen LogP contribution in [0.2, 0.25) is 0 Å². The SMILES string of the molecule is CN1CCCC(Nc2nnc(-c3ccc(C(F)(F)F)cc3O)n3cccc23)C1. The van der Waals surface area contributed by atoms with Crippen LogP contribution in [0.4, 0.5) is 19.0 Å². The van der Waals surface area contributed by atoms with Gasteiger partial charge in [0, 0.05) is 18.8 Å². The van der Waals surface area contributed by atoms with Gasteiger partial charge in [0.15, 0.2) is 11.6 Å². The molecule has 2 aromatic heterocycles. The van der Waals surface area contributed by atoms with Crippen molar-refractivity contribution in [2.75, 3.05) is 25.5 Å². The highest BCUT2D eigenvalue weighted by molar-refractivity contribution is 5.74. The lowest BCUT2D eigenvalue weighted by Crippen LogP contribution is -2.40. The first-order chi connectivity index (χ1) is 13.3. The van der Waals surface area contributed by atoms with Crippen LogP contribution in [0.3, 0.4) is 0 Å². The van der Waals surface area contributed by atoms with Gasteiger partial charge in [0.2, 0.25) is 0 Å². The molecule has 0 bridgehead atoms. The quantitative estimate of drug-likeness (QED) is 0.714. The molecule has 1 aliphatic heterocycles. The normalized spacial score (nSPS) is 18.5. The number of piperidine rings is 1. The molecule has 0 aliphatic carbocycles. The number of likely N-dealkylation sites (tertiary alicyclic amines) is 1. The standard InChI is InChI=1S/C19H20F3N5O/c1-26-8-2-4-13(11-26)23-17-15-5-3-9-27(15)18(25-24-17)14-7-6-12(10-16(14)28)19(20,21)22/h3,5-7,9-10,13,28H,2,4,8,11H2,1H3,(H,23,24). The minimum Gasteiger partial charge on any atom is -0.507 e. The summed E-state index contributed by atoms with van der Waals surface area (Å²) in [4.78, 5) is 2.25. The van der Waals surface area contributed by atoms with Crippen molar-refractivity contribution in [3.05, 3.63) is 42.1 Å². The molecule has 1 unspecified atom stereocenters. The van der Waals surface area contributed by atoms with E-state index in [4.69, 9.17) is 0 Å². The first-order valence-corrected chi connectivity index (χ1v) is 9.02. The molecule has 6 nitrogen and oxygen atoms in total. The first kappa shape index (κ1) is 18.5. The van der Waals surface area contributed by atoms with Gasteiger partial charge >= 0.3 is 6.18 Å². The number of halogens is 3. The number of hydrogen-bond donors (Lipinski definition) is 2. The Morgan fingerprint density at radius 2 is 2.04 bits per heavy atom. The summed E-state index contributed by atoms with van der Waals surface area (Å²) >= 11 is 0. The molecule has 2 N–H and O–H groups in total. The van der Waals surface area contributed by atoms with Gasteiger partial charge in [-0.25, -0.2) is 0 Å². The monoisotopic (exact) mass is 391 g/mol. The highest BCUT2D eigenvalue weighted by Crippen LogP contribution is 2.36. The van der Waals surface area contributed by atoms with E-state index in [1.54, 1.807) is 10.6 Å². The second-order valence-electron chi connectivity index (χ2n) is 7.11. The number of phenols is 1. The number of phenolic OH excluding ortho intramolecular Hbond substituents is 1. The minimum absolute atomic E-state index is 0.186. The van der Waals surface area contributed by atoms with Crippen LogP contribution in [0.25, 0.3) is 16.9 Å². The maximum absolute atomic E-state index is 12.9. The summed E-state index contributed by atoms with van der Waals surface area (Å²) in [6, 6.07) is 6.75. The van der Waals surface area contributed by atoms with Crippen molar-refractivity contribution in [1.82, 2.24) is 19.5 Å². The lowest BCUT2D eigenvalue weighted by molar-refractivity contribution is -0.137. The Morgan fingerprint density at radius 1 is 1.21 bits per heavy atom. The second-order valence-corrected chi connectivity index (χ2v) is 7.11. The van der Waals surface area contributed by atoms with Gasteiger partial charge in [-0.15, -0.1) is 10.2 Å². The summed E-state index contributed by atoms with van der Waals surface area (Å²) < 4.78 is 40.3. The van der Waals surface area contributed by atoms with Gasteiger partial charge in [-0.05, 0) is 56.8 Å².